The smallest absolute Gasteiger partial charge is 0.335 e. The summed E-state index contributed by atoms with van der Waals surface area (Å²) in [6, 6.07) is 2.67. The Morgan fingerprint density at radius 3 is 2.58 bits per heavy atom. The van der Waals surface area contributed by atoms with Crippen LogP contribution in [0, 0.1) is 5.82 Å². The number of carboxylic acids is 1. The van der Waals surface area contributed by atoms with Crippen LogP contribution in [0.2, 0.25) is 0 Å². The molecule has 0 radical (unpaired) electrons. The highest BCUT2D eigenvalue weighted by Crippen LogP contribution is 2.19. The minimum atomic E-state index is -4.00. The molecule has 106 valence electrons. The first-order chi connectivity index (χ1) is 8.80. The highest BCUT2D eigenvalue weighted by Gasteiger charge is 2.24. The second-order valence-electron chi connectivity index (χ2n) is 3.77. The van der Waals surface area contributed by atoms with Crippen LogP contribution in [0.5, 0.6) is 0 Å². The molecule has 0 spiro atoms. The van der Waals surface area contributed by atoms with Crippen molar-refractivity contribution in [2.24, 2.45) is 0 Å². The topological polar surface area (TPSA) is 83.9 Å². The molecule has 1 rings (SSSR count). The highest BCUT2D eigenvalue weighted by atomic mass is 32.2. The van der Waals surface area contributed by atoms with E-state index in [0.29, 0.717) is 6.07 Å². The number of likely N-dealkylation sites (N-methyl/N-ethyl adjacent to an activating group) is 1. The van der Waals surface area contributed by atoms with Crippen LogP contribution in [-0.4, -0.2) is 51.1 Å². The second kappa shape index (κ2) is 6.09. The van der Waals surface area contributed by atoms with Crippen molar-refractivity contribution in [3.63, 3.8) is 0 Å². The predicted octanol–water partition coefficient (Wildman–Crippen LogP) is 0.791. The van der Waals surface area contributed by atoms with Gasteiger partial charge in [-0.15, -0.1) is 0 Å². The molecule has 19 heavy (non-hydrogen) atoms. The molecule has 0 amide bonds. The lowest BCUT2D eigenvalue weighted by Crippen LogP contribution is -2.30. The van der Waals surface area contributed by atoms with Gasteiger partial charge >= 0.3 is 5.97 Å². The average molecular weight is 291 g/mol. The van der Waals surface area contributed by atoms with E-state index in [1.54, 1.807) is 0 Å². The van der Waals surface area contributed by atoms with Crippen molar-refractivity contribution in [1.82, 2.24) is 4.31 Å². The second-order valence-corrected chi connectivity index (χ2v) is 5.78. The highest BCUT2D eigenvalue weighted by molar-refractivity contribution is 7.89. The molecular formula is C11H14FNO5S. The number of methoxy groups -OCH3 is 1. The zero-order valence-corrected chi connectivity index (χ0v) is 11.3. The Kier molecular flexibility index (Phi) is 4.98. The number of halogens is 1. The van der Waals surface area contributed by atoms with Crippen molar-refractivity contribution in [2.45, 2.75) is 4.90 Å². The zero-order valence-electron chi connectivity index (χ0n) is 10.5. The van der Waals surface area contributed by atoms with Gasteiger partial charge in [-0.05, 0) is 18.2 Å². The lowest BCUT2D eigenvalue weighted by Gasteiger charge is -2.17. The minimum absolute atomic E-state index is 0.0684. The first kappa shape index (κ1) is 15.5. The maximum atomic E-state index is 13.7. The van der Waals surface area contributed by atoms with Gasteiger partial charge in [0.2, 0.25) is 10.0 Å². The van der Waals surface area contributed by atoms with Crippen molar-refractivity contribution < 1.29 is 27.4 Å². The van der Waals surface area contributed by atoms with E-state index in [0.717, 1.165) is 16.4 Å². The summed E-state index contributed by atoms with van der Waals surface area (Å²) in [4.78, 5) is 10.1. The maximum absolute atomic E-state index is 13.7. The standard InChI is InChI=1S/C11H14FNO5S/c1-13(5-6-18-2)19(16,17)10-4-3-8(11(14)15)7-9(10)12/h3-4,7H,5-6H2,1-2H3,(H,14,15). The third-order valence-electron chi connectivity index (χ3n) is 2.48. The van der Waals surface area contributed by atoms with Gasteiger partial charge < -0.3 is 9.84 Å². The van der Waals surface area contributed by atoms with E-state index >= 15 is 0 Å². The van der Waals surface area contributed by atoms with E-state index in [4.69, 9.17) is 9.84 Å². The first-order valence-corrected chi connectivity index (χ1v) is 6.73. The van der Waals surface area contributed by atoms with E-state index in [-0.39, 0.29) is 18.7 Å². The van der Waals surface area contributed by atoms with Crippen LogP contribution in [0.15, 0.2) is 23.1 Å². The molecule has 0 atom stereocenters. The molecule has 6 nitrogen and oxygen atoms in total. The number of carbonyl (C=O) groups is 1. The Balaban J connectivity index is 3.12. The van der Waals surface area contributed by atoms with Gasteiger partial charge in [0.1, 0.15) is 10.7 Å². The maximum Gasteiger partial charge on any atom is 0.335 e. The quantitative estimate of drug-likeness (QED) is 0.837. The number of nitrogens with zero attached hydrogens (tertiary/aromatic N) is 1. The van der Waals surface area contributed by atoms with Crippen molar-refractivity contribution in [1.29, 1.82) is 0 Å². The molecule has 0 unspecified atom stereocenters. The lowest BCUT2D eigenvalue weighted by molar-refractivity contribution is 0.0696. The van der Waals surface area contributed by atoms with Crippen molar-refractivity contribution >= 4 is 16.0 Å². The van der Waals surface area contributed by atoms with Gasteiger partial charge in [0.25, 0.3) is 0 Å². The number of benzene rings is 1. The van der Waals surface area contributed by atoms with E-state index < -0.39 is 26.7 Å². The van der Waals surface area contributed by atoms with Gasteiger partial charge in [-0.3, -0.25) is 0 Å². The van der Waals surface area contributed by atoms with Crippen LogP contribution in [0.1, 0.15) is 10.4 Å². The van der Waals surface area contributed by atoms with E-state index in [1.165, 1.54) is 14.2 Å². The fourth-order valence-corrected chi connectivity index (χ4v) is 2.55. The van der Waals surface area contributed by atoms with Gasteiger partial charge in [-0.25, -0.2) is 17.6 Å². The lowest BCUT2D eigenvalue weighted by atomic mass is 10.2. The van der Waals surface area contributed by atoms with Gasteiger partial charge in [0, 0.05) is 20.7 Å². The molecule has 0 fully saturated rings. The van der Waals surface area contributed by atoms with Gasteiger partial charge in [0.15, 0.2) is 0 Å². The summed E-state index contributed by atoms with van der Waals surface area (Å²) in [5.74, 6) is -2.42. The summed E-state index contributed by atoms with van der Waals surface area (Å²) in [7, 11) is -1.29. The first-order valence-electron chi connectivity index (χ1n) is 5.29. The van der Waals surface area contributed by atoms with Gasteiger partial charge in [-0.2, -0.15) is 4.31 Å². The van der Waals surface area contributed by atoms with Crippen molar-refractivity contribution in [2.75, 3.05) is 27.3 Å². The summed E-state index contributed by atoms with van der Waals surface area (Å²) in [6.45, 7) is 0.240. The molecule has 0 saturated heterocycles. The summed E-state index contributed by atoms with van der Waals surface area (Å²) in [5, 5.41) is 8.69. The van der Waals surface area contributed by atoms with Crippen LogP contribution < -0.4 is 0 Å². The molecule has 0 bridgehead atoms. The van der Waals surface area contributed by atoms with Crippen molar-refractivity contribution in [3.8, 4) is 0 Å². The third kappa shape index (κ3) is 3.49. The molecular weight excluding hydrogens is 277 g/mol. The van der Waals surface area contributed by atoms with Gasteiger partial charge in [-0.1, -0.05) is 0 Å². The summed E-state index contributed by atoms with van der Waals surface area (Å²) in [5.41, 5.74) is -0.309. The molecule has 0 aliphatic heterocycles. The molecule has 0 saturated carbocycles. The number of carboxylic acid groups (broad SMARTS) is 1. The fraction of sp³-hybridized carbons (Fsp3) is 0.364. The monoisotopic (exact) mass is 291 g/mol. The number of hydrogen-bond acceptors (Lipinski definition) is 4. The summed E-state index contributed by atoms with van der Waals surface area (Å²) in [6.07, 6.45) is 0. The zero-order chi connectivity index (χ0) is 14.6. The Labute approximate surface area is 110 Å². The van der Waals surface area contributed by atoms with Gasteiger partial charge in [0.05, 0.1) is 12.2 Å². The molecule has 1 aromatic carbocycles. The number of ether oxygens (including phenoxy) is 1. The molecule has 1 aromatic rings. The Morgan fingerprint density at radius 1 is 1.47 bits per heavy atom. The van der Waals surface area contributed by atoms with Crippen LogP contribution in [0.25, 0.3) is 0 Å². The fourth-order valence-electron chi connectivity index (χ4n) is 1.35. The Bertz CT molecular complexity index is 572. The molecule has 0 heterocycles. The van der Waals surface area contributed by atoms with Crippen LogP contribution in [0.4, 0.5) is 4.39 Å². The summed E-state index contributed by atoms with van der Waals surface area (Å²) < 4.78 is 43.4. The minimum Gasteiger partial charge on any atom is -0.478 e. The molecule has 1 N–H and O–H groups in total. The number of aromatic carboxylic acids is 1. The number of rotatable bonds is 6. The van der Waals surface area contributed by atoms with Crippen LogP contribution in [-0.2, 0) is 14.8 Å². The van der Waals surface area contributed by atoms with Crippen LogP contribution in [0.3, 0.4) is 0 Å². The SMILES string of the molecule is COCCN(C)S(=O)(=O)c1ccc(C(=O)O)cc1F. The molecule has 8 heteroatoms. The predicted molar refractivity (Wildman–Crippen MR) is 65.1 cm³/mol. The average Bonchev–Trinajstić information content (AvgIpc) is 2.35. The Morgan fingerprint density at radius 2 is 2.11 bits per heavy atom. The van der Waals surface area contributed by atoms with E-state index in [2.05, 4.69) is 0 Å². The van der Waals surface area contributed by atoms with Crippen molar-refractivity contribution in [3.05, 3.63) is 29.6 Å². The van der Waals surface area contributed by atoms with E-state index in [9.17, 15) is 17.6 Å². The molecule has 0 aliphatic rings. The summed E-state index contributed by atoms with van der Waals surface area (Å²) >= 11 is 0. The normalized spacial score (nSPS) is 11.8. The van der Waals surface area contributed by atoms with Crippen LogP contribution >= 0.6 is 0 Å². The molecule has 0 aliphatic carbocycles. The number of sulfonamides is 1. The molecule has 0 aromatic heterocycles. The largest absolute Gasteiger partial charge is 0.478 e. The third-order valence-corrected chi connectivity index (χ3v) is 4.37. The Hall–Kier alpha value is -1.51. The number of hydrogen-bond donors (Lipinski definition) is 1. The van der Waals surface area contributed by atoms with E-state index in [1.807, 2.05) is 0 Å².